The molecule has 0 unspecified atom stereocenters. The highest BCUT2D eigenvalue weighted by molar-refractivity contribution is 7.16. The van der Waals surface area contributed by atoms with Crippen molar-refractivity contribution in [3.05, 3.63) is 52.7 Å². The lowest BCUT2D eigenvalue weighted by molar-refractivity contribution is 0.0528. The number of aromatic nitrogens is 4. The maximum Gasteiger partial charge on any atom is 0.341 e. The minimum atomic E-state index is -0.443. The number of rotatable bonds is 6. The Morgan fingerprint density at radius 1 is 1.27 bits per heavy atom. The van der Waals surface area contributed by atoms with E-state index in [9.17, 15) is 9.59 Å². The van der Waals surface area contributed by atoms with Crippen LogP contribution >= 0.6 is 11.3 Å². The van der Waals surface area contributed by atoms with Crippen molar-refractivity contribution in [1.29, 1.82) is 0 Å². The Balaban J connectivity index is 1.85. The van der Waals surface area contributed by atoms with E-state index >= 15 is 0 Å². The van der Waals surface area contributed by atoms with Gasteiger partial charge in [0.05, 0.1) is 17.9 Å². The maximum atomic E-state index is 12.6. The first-order valence-corrected chi connectivity index (χ1v) is 8.88. The number of tetrazole rings is 1. The van der Waals surface area contributed by atoms with Crippen LogP contribution in [0.1, 0.15) is 39.4 Å². The van der Waals surface area contributed by atoms with E-state index in [0.29, 0.717) is 21.8 Å². The topological polar surface area (TPSA) is 99.0 Å². The molecule has 1 aromatic carbocycles. The Morgan fingerprint density at radius 2 is 2.12 bits per heavy atom. The van der Waals surface area contributed by atoms with Crippen molar-refractivity contribution in [3.63, 3.8) is 0 Å². The third kappa shape index (κ3) is 3.77. The Bertz CT molecular complexity index is 920. The largest absolute Gasteiger partial charge is 0.462 e. The van der Waals surface area contributed by atoms with Gasteiger partial charge in [-0.1, -0.05) is 13.0 Å². The first-order valence-electron chi connectivity index (χ1n) is 8.07. The standard InChI is InChI=1S/C17H17N5O3S/c1-3-13-9-14(17(24)25-4-2)16(26-13)19-15(23)11-6-5-7-12(8-11)22-10-18-20-21-22/h5-10H,3-4H2,1-2H3,(H,19,23). The van der Waals surface area contributed by atoms with E-state index in [4.69, 9.17) is 4.74 Å². The summed E-state index contributed by atoms with van der Waals surface area (Å²) in [4.78, 5) is 25.8. The van der Waals surface area contributed by atoms with E-state index in [0.717, 1.165) is 11.3 Å². The predicted octanol–water partition coefficient (Wildman–Crippen LogP) is 2.72. The number of esters is 1. The number of thiophene rings is 1. The van der Waals surface area contributed by atoms with Gasteiger partial charge in [-0.2, -0.15) is 0 Å². The van der Waals surface area contributed by atoms with E-state index in [1.807, 2.05) is 6.92 Å². The summed E-state index contributed by atoms with van der Waals surface area (Å²) in [6.45, 7) is 4.01. The lowest BCUT2D eigenvalue weighted by Crippen LogP contribution is -2.14. The number of benzene rings is 1. The van der Waals surface area contributed by atoms with Crippen LogP contribution in [0.25, 0.3) is 5.69 Å². The minimum Gasteiger partial charge on any atom is -0.462 e. The zero-order valence-electron chi connectivity index (χ0n) is 14.3. The van der Waals surface area contributed by atoms with Crippen LogP contribution in [0.15, 0.2) is 36.7 Å². The third-order valence-electron chi connectivity index (χ3n) is 3.58. The van der Waals surface area contributed by atoms with Gasteiger partial charge in [0.1, 0.15) is 11.3 Å². The summed E-state index contributed by atoms with van der Waals surface area (Å²) in [5, 5.41) is 14.3. The fourth-order valence-electron chi connectivity index (χ4n) is 2.31. The van der Waals surface area contributed by atoms with Crippen molar-refractivity contribution in [2.75, 3.05) is 11.9 Å². The van der Waals surface area contributed by atoms with E-state index in [2.05, 4.69) is 20.8 Å². The molecule has 0 bridgehead atoms. The number of aryl methyl sites for hydroxylation is 1. The predicted molar refractivity (Wildman–Crippen MR) is 96.8 cm³/mol. The van der Waals surface area contributed by atoms with Crippen molar-refractivity contribution in [2.24, 2.45) is 0 Å². The zero-order valence-corrected chi connectivity index (χ0v) is 15.1. The first kappa shape index (κ1) is 17.7. The molecule has 0 radical (unpaired) electrons. The van der Waals surface area contributed by atoms with Crippen molar-refractivity contribution in [1.82, 2.24) is 20.2 Å². The summed E-state index contributed by atoms with van der Waals surface area (Å²) < 4.78 is 6.53. The third-order valence-corrected chi connectivity index (χ3v) is 4.77. The van der Waals surface area contributed by atoms with Gasteiger partial charge in [0.25, 0.3) is 5.91 Å². The molecule has 1 N–H and O–H groups in total. The number of carbonyl (C=O) groups is 2. The van der Waals surface area contributed by atoms with Crippen LogP contribution in [-0.2, 0) is 11.2 Å². The van der Waals surface area contributed by atoms with Crippen LogP contribution in [0.3, 0.4) is 0 Å². The number of hydrogen-bond acceptors (Lipinski definition) is 7. The Labute approximate surface area is 153 Å². The molecule has 0 saturated carbocycles. The van der Waals surface area contributed by atoms with Crippen LogP contribution in [0, 0.1) is 0 Å². The summed E-state index contributed by atoms with van der Waals surface area (Å²) in [6, 6.07) is 8.64. The SMILES string of the molecule is CCOC(=O)c1cc(CC)sc1NC(=O)c1cccc(-n2cnnn2)c1. The smallest absolute Gasteiger partial charge is 0.341 e. The lowest BCUT2D eigenvalue weighted by Gasteiger charge is -2.07. The Hall–Kier alpha value is -3.07. The molecule has 0 spiro atoms. The molecule has 26 heavy (non-hydrogen) atoms. The second-order valence-electron chi connectivity index (χ2n) is 5.29. The van der Waals surface area contributed by atoms with E-state index in [1.165, 1.54) is 22.3 Å². The molecule has 3 aromatic rings. The van der Waals surface area contributed by atoms with Crippen LogP contribution in [0.5, 0.6) is 0 Å². The molecule has 0 saturated heterocycles. The van der Waals surface area contributed by atoms with Crippen LogP contribution < -0.4 is 5.32 Å². The summed E-state index contributed by atoms with van der Waals surface area (Å²) in [6.07, 6.45) is 2.21. The monoisotopic (exact) mass is 371 g/mol. The number of amides is 1. The Kier molecular flexibility index (Phi) is 5.37. The van der Waals surface area contributed by atoms with Gasteiger partial charge in [-0.25, -0.2) is 9.48 Å². The van der Waals surface area contributed by atoms with E-state index < -0.39 is 5.97 Å². The molecule has 3 rings (SSSR count). The van der Waals surface area contributed by atoms with Gasteiger partial charge in [-0.15, -0.1) is 16.4 Å². The van der Waals surface area contributed by atoms with Crippen molar-refractivity contribution in [3.8, 4) is 5.69 Å². The molecule has 0 aliphatic heterocycles. The van der Waals surface area contributed by atoms with Crippen LogP contribution in [0.2, 0.25) is 0 Å². The van der Waals surface area contributed by atoms with Crippen LogP contribution in [0.4, 0.5) is 5.00 Å². The van der Waals surface area contributed by atoms with Crippen molar-refractivity contribution < 1.29 is 14.3 Å². The van der Waals surface area contributed by atoms with Gasteiger partial charge in [-0.3, -0.25) is 4.79 Å². The molecule has 2 aromatic heterocycles. The molecule has 2 heterocycles. The zero-order chi connectivity index (χ0) is 18.5. The van der Waals surface area contributed by atoms with Crippen molar-refractivity contribution >= 4 is 28.2 Å². The first-order chi connectivity index (χ1) is 12.6. The number of anilines is 1. The highest BCUT2D eigenvalue weighted by Gasteiger charge is 2.19. The van der Waals surface area contributed by atoms with Gasteiger partial charge >= 0.3 is 5.97 Å². The molecular formula is C17H17N5O3S. The molecule has 1 amide bonds. The second kappa shape index (κ2) is 7.87. The molecule has 0 aliphatic rings. The number of ether oxygens (including phenoxy) is 1. The molecule has 0 aliphatic carbocycles. The highest BCUT2D eigenvalue weighted by atomic mass is 32.1. The minimum absolute atomic E-state index is 0.275. The van der Waals surface area contributed by atoms with Gasteiger partial charge in [0, 0.05) is 10.4 Å². The van der Waals surface area contributed by atoms with Gasteiger partial charge in [0.2, 0.25) is 0 Å². The summed E-state index contributed by atoms with van der Waals surface area (Å²) in [5.41, 5.74) is 1.46. The van der Waals surface area contributed by atoms with Gasteiger partial charge < -0.3 is 10.1 Å². The summed E-state index contributed by atoms with van der Waals surface area (Å²) in [7, 11) is 0. The average Bonchev–Trinajstić information content (AvgIpc) is 3.32. The lowest BCUT2D eigenvalue weighted by atomic mass is 10.2. The second-order valence-corrected chi connectivity index (χ2v) is 6.43. The molecule has 9 heteroatoms. The molecule has 134 valence electrons. The number of nitrogens with one attached hydrogen (secondary N) is 1. The molecule has 8 nitrogen and oxygen atoms in total. The summed E-state index contributed by atoms with van der Waals surface area (Å²) >= 11 is 1.37. The normalized spacial score (nSPS) is 10.5. The average molecular weight is 371 g/mol. The molecule has 0 fully saturated rings. The fourth-order valence-corrected chi connectivity index (χ4v) is 3.29. The molecular weight excluding hydrogens is 354 g/mol. The van der Waals surface area contributed by atoms with Crippen molar-refractivity contribution in [2.45, 2.75) is 20.3 Å². The van der Waals surface area contributed by atoms with E-state index in [1.54, 1.807) is 37.3 Å². The maximum absolute atomic E-state index is 12.6. The van der Waals surface area contributed by atoms with Gasteiger partial charge in [0.15, 0.2) is 0 Å². The number of nitrogens with zero attached hydrogens (tertiary/aromatic N) is 4. The van der Waals surface area contributed by atoms with Gasteiger partial charge in [-0.05, 0) is 48.0 Å². The number of hydrogen-bond donors (Lipinski definition) is 1. The van der Waals surface area contributed by atoms with Crippen LogP contribution in [-0.4, -0.2) is 38.7 Å². The Morgan fingerprint density at radius 3 is 2.81 bits per heavy atom. The quantitative estimate of drug-likeness (QED) is 0.669. The fraction of sp³-hybridized carbons (Fsp3) is 0.235. The highest BCUT2D eigenvalue weighted by Crippen LogP contribution is 2.30. The summed E-state index contributed by atoms with van der Waals surface area (Å²) in [5.74, 6) is -0.767. The number of carbonyl (C=O) groups excluding carboxylic acids is 2. The van der Waals surface area contributed by atoms with E-state index in [-0.39, 0.29) is 12.5 Å². The molecule has 0 atom stereocenters.